The second-order valence-electron chi connectivity index (χ2n) is 5.39. The molecule has 1 aromatic heterocycles. The van der Waals surface area contributed by atoms with Crippen LogP contribution in [0.5, 0.6) is 0 Å². The molecule has 6 heteroatoms. The van der Waals surface area contributed by atoms with Crippen molar-refractivity contribution in [2.75, 3.05) is 18.0 Å². The monoisotopic (exact) mass is 301 g/mol. The molecule has 0 aliphatic carbocycles. The number of anilines is 1. The van der Waals surface area contributed by atoms with Crippen LogP contribution in [0.2, 0.25) is 0 Å². The van der Waals surface area contributed by atoms with Gasteiger partial charge in [-0.05, 0) is 37.1 Å². The Morgan fingerprint density at radius 2 is 2.05 bits per heavy atom. The first kappa shape index (κ1) is 14.4. The number of carboxylic acids is 1. The second-order valence-corrected chi connectivity index (χ2v) is 5.39. The lowest BCUT2D eigenvalue weighted by molar-refractivity contribution is -0.141. The summed E-state index contributed by atoms with van der Waals surface area (Å²) < 4.78 is 13.0. The Labute approximate surface area is 127 Å². The van der Waals surface area contributed by atoms with Crippen molar-refractivity contribution in [3.05, 3.63) is 42.5 Å². The van der Waals surface area contributed by atoms with Crippen LogP contribution in [0.15, 0.2) is 36.7 Å². The maximum Gasteiger partial charge on any atom is 0.308 e. The first-order valence-corrected chi connectivity index (χ1v) is 7.19. The molecule has 0 amide bonds. The molecular formula is C16H16FN3O2. The summed E-state index contributed by atoms with van der Waals surface area (Å²) in [5.74, 6) is -0.714. The third-order valence-corrected chi connectivity index (χ3v) is 3.89. The van der Waals surface area contributed by atoms with Crippen molar-refractivity contribution in [1.82, 2.24) is 9.97 Å². The number of nitrogens with zero attached hydrogens (tertiary/aromatic N) is 3. The predicted octanol–water partition coefficient (Wildman–Crippen LogP) is 2.58. The molecule has 1 atom stereocenters. The number of halogens is 1. The minimum Gasteiger partial charge on any atom is -0.481 e. The first-order chi connectivity index (χ1) is 10.6. The van der Waals surface area contributed by atoms with Gasteiger partial charge in [0.1, 0.15) is 18.0 Å². The molecule has 2 heterocycles. The largest absolute Gasteiger partial charge is 0.481 e. The summed E-state index contributed by atoms with van der Waals surface area (Å²) in [6, 6.07) is 7.92. The van der Waals surface area contributed by atoms with Crippen LogP contribution in [0, 0.1) is 11.7 Å². The van der Waals surface area contributed by atoms with Gasteiger partial charge < -0.3 is 10.0 Å². The fourth-order valence-corrected chi connectivity index (χ4v) is 2.69. The van der Waals surface area contributed by atoms with Crippen LogP contribution in [-0.4, -0.2) is 34.1 Å². The van der Waals surface area contributed by atoms with Crippen molar-refractivity contribution in [2.45, 2.75) is 12.8 Å². The van der Waals surface area contributed by atoms with Crippen LogP contribution in [0.4, 0.5) is 10.2 Å². The lowest BCUT2D eigenvalue weighted by atomic mass is 9.98. The summed E-state index contributed by atoms with van der Waals surface area (Å²) in [7, 11) is 0. The average Bonchev–Trinajstić information content (AvgIpc) is 2.56. The van der Waals surface area contributed by atoms with E-state index in [0.717, 1.165) is 18.5 Å². The summed E-state index contributed by atoms with van der Waals surface area (Å²) >= 11 is 0. The number of carbonyl (C=O) groups is 1. The fraction of sp³-hybridized carbons (Fsp3) is 0.312. The molecule has 5 nitrogen and oxygen atoms in total. The molecule has 0 unspecified atom stereocenters. The Balaban J connectivity index is 1.84. The minimum atomic E-state index is -0.766. The molecular weight excluding hydrogens is 285 g/mol. The van der Waals surface area contributed by atoms with E-state index in [4.69, 9.17) is 5.11 Å². The predicted molar refractivity (Wildman–Crippen MR) is 80.0 cm³/mol. The molecule has 1 saturated heterocycles. The van der Waals surface area contributed by atoms with E-state index in [1.54, 1.807) is 12.1 Å². The normalized spacial score (nSPS) is 18.2. The Bertz CT molecular complexity index is 675. The maximum absolute atomic E-state index is 13.0. The second kappa shape index (κ2) is 6.09. The number of benzene rings is 1. The molecule has 1 N–H and O–H groups in total. The molecule has 0 bridgehead atoms. The zero-order chi connectivity index (χ0) is 15.5. The average molecular weight is 301 g/mol. The van der Waals surface area contributed by atoms with E-state index in [-0.39, 0.29) is 11.7 Å². The molecule has 1 aliphatic rings. The van der Waals surface area contributed by atoms with E-state index in [1.165, 1.54) is 18.5 Å². The van der Waals surface area contributed by atoms with Crippen LogP contribution >= 0.6 is 0 Å². The maximum atomic E-state index is 13.0. The van der Waals surface area contributed by atoms with E-state index < -0.39 is 5.97 Å². The number of hydrogen-bond donors (Lipinski definition) is 1. The highest BCUT2D eigenvalue weighted by Crippen LogP contribution is 2.25. The highest BCUT2D eigenvalue weighted by Gasteiger charge is 2.26. The molecule has 1 aliphatic heterocycles. The SMILES string of the molecule is O=C(O)[C@@H]1CCCN(c2cc(-c3ccc(F)cc3)ncn2)C1. The smallest absolute Gasteiger partial charge is 0.308 e. The van der Waals surface area contributed by atoms with Gasteiger partial charge in [-0.1, -0.05) is 0 Å². The lowest BCUT2D eigenvalue weighted by Crippen LogP contribution is -2.39. The number of hydrogen-bond acceptors (Lipinski definition) is 4. The third-order valence-electron chi connectivity index (χ3n) is 3.89. The van der Waals surface area contributed by atoms with E-state index in [1.807, 2.05) is 11.0 Å². The molecule has 114 valence electrons. The number of rotatable bonds is 3. The highest BCUT2D eigenvalue weighted by atomic mass is 19.1. The first-order valence-electron chi connectivity index (χ1n) is 7.19. The standard InChI is InChI=1S/C16H16FN3O2/c17-13-5-3-11(4-6-13)14-8-15(19-10-18-14)20-7-1-2-12(9-20)16(21)22/h3-6,8,10,12H,1-2,7,9H2,(H,21,22)/t12-/m1/s1. The van der Waals surface area contributed by atoms with Gasteiger partial charge in [-0.25, -0.2) is 14.4 Å². The molecule has 2 aromatic rings. The minimum absolute atomic E-state index is 0.293. The van der Waals surface area contributed by atoms with Crippen molar-refractivity contribution in [3.63, 3.8) is 0 Å². The molecule has 1 fully saturated rings. The van der Waals surface area contributed by atoms with Crippen molar-refractivity contribution in [3.8, 4) is 11.3 Å². The number of carboxylic acid groups (broad SMARTS) is 1. The van der Waals surface area contributed by atoms with Gasteiger partial charge in [0.25, 0.3) is 0 Å². The quantitative estimate of drug-likeness (QED) is 0.944. The Morgan fingerprint density at radius 3 is 2.77 bits per heavy atom. The number of aliphatic carboxylic acids is 1. The summed E-state index contributed by atoms with van der Waals surface area (Å²) in [6.45, 7) is 1.23. The molecule has 0 spiro atoms. The summed E-state index contributed by atoms with van der Waals surface area (Å²) in [5.41, 5.74) is 1.50. The molecule has 3 rings (SSSR count). The topological polar surface area (TPSA) is 66.3 Å². The van der Waals surface area contributed by atoms with Crippen LogP contribution in [0.1, 0.15) is 12.8 Å². The molecule has 22 heavy (non-hydrogen) atoms. The lowest BCUT2D eigenvalue weighted by Gasteiger charge is -2.31. The van der Waals surface area contributed by atoms with Gasteiger partial charge in [0.15, 0.2) is 0 Å². The number of piperidine rings is 1. The molecule has 0 radical (unpaired) electrons. The summed E-state index contributed by atoms with van der Waals surface area (Å²) in [5, 5.41) is 9.17. The van der Waals surface area contributed by atoms with Crippen molar-refractivity contribution < 1.29 is 14.3 Å². The summed E-state index contributed by atoms with van der Waals surface area (Å²) in [4.78, 5) is 21.6. The number of aromatic nitrogens is 2. The van der Waals surface area contributed by atoms with Gasteiger partial charge in [0.05, 0.1) is 11.6 Å². The third kappa shape index (κ3) is 3.05. The Morgan fingerprint density at radius 1 is 1.27 bits per heavy atom. The van der Waals surface area contributed by atoms with Crippen LogP contribution in [-0.2, 0) is 4.79 Å². The zero-order valence-corrected chi connectivity index (χ0v) is 11.9. The fourth-order valence-electron chi connectivity index (χ4n) is 2.69. The van der Waals surface area contributed by atoms with E-state index in [9.17, 15) is 9.18 Å². The Hall–Kier alpha value is -2.50. The van der Waals surface area contributed by atoms with Crippen LogP contribution in [0.25, 0.3) is 11.3 Å². The van der Waals surface area contributed by atoms with Gasteiger partial charge in [-0.3, -0.25) is 4.79 Å². The summed E-state index contributed by atoms with van der Waals surface area (Å²) in [6.07, 6.45) is 2.98. The van der Waals surface area contributed by atoms with Crippen molar-refractivity contribution in [1.29, 1.82) is 0 Å². The van der Waals surface area contributed by atoms with Gasteiger partial charge in [-0.2, -0.15) is 0 Å². The van der Waals surface area contributed by atoms with Crippen molar-refractivity contribution >= 4 is 11.8 Å². The Kier molecular flexibility index (Phi) is 4.00. The van der Waals surface area contributed by atoms with Crippen molar-refractivity contribution in [2.24, 2.45) is 5.92 Å². The van der Waals surface area contributed by atoms with E-state index in [0.29, 0.717) is 24.5 Å². The van der Waals surface area contributed by atoms with Gasteiger partial charge in [-0.15, -0.1) is 0 Å². The van der Waals surface area contributed by atoms with E-state index in [2.05, 4.69) is 9.97 Å². The van der Waals surface area contributed by atoms with Gasteiger partial charge >= 0.3 is 5.97 Å². The van der Waals surface area contributed by atoms with Crippen LogP contribution in [0.3, 0.4) is 0 Å². The molecule has 1 aromatic carbocycles. The highest BCUT2D eigenvalue weighted by molar-refractivity contribution is 5.71. The van der Waals surface area contributed by atoms with E-state index >= 15 is 0 Å². The van der Waals surface area contributed by atoms with Crippen LogP contribution < -0.4 is 4.90 Å². The zero-order valence-electron chi connectivity index (χ0n) is 11.9. The van der Waals surface area contributed by atoms with Gasteiger partial charge in [0, 0.05) is 24.7 Å². The van der Waals surface area contributed by atoms with Gasteiger partial charge in [0.2, 0.25) is 0 Å². The molecule has 0 saturated carbocycles.